The van der Waals surface area contributed by atoms with Crippen molar-refractivity contribution in [2.75, 3.05) is 26.4 Å². The molecule has 0 bridgehead atoms. The first-order valence-electron chi connectivity index (χ1n) is 10.6. The highest BCUT2D eigenvalue weighted by Gasteiger charge is 2.22. The Bertz CT molecular complexity index is 525. The molecule has 0 aromatic heterocycles. The van der Waals surface area contributed by atoms with Crippen LogP contribution in [0.4, 0.5) is 0 Å². The lowest BCUT2D eigenvalue weighted by molar-refractivity contribution is -0.125. The van der Waals surface area contributed by atoms with E-state index in [1.807, 2.05) is 0 Å². The van der Waals surface area contributed by atoms with Gasteiger partial charge >= 0.3 is 0 Å². The molecule has 5 N–H and O–H groups in total. The van der Waals surface area contributed by atoms with E-state index < -0.39 is 12.1 Å². The average molecular weight is 430 g/mol. The second-order valence-electron chi connectivity index (χ2n) is 7.49. The largest absolute Gasteiger partial charge is 0.394 e. The highest BCUT2D eigenvalue weighted by Crippen LogP contribution is 2.19. The number of carbonyl (C=O) groups is 4. The first-order valence-corrected chi connectivity index (χ1v) is 10.6. The lowest BCUT2D eigenvalue weighted by atomic mass is 9.92. The van der Waals surface area contributed by atoms with Gasteiger partial charge in [-0.2, -0.15) is 0 Å². The summed E-state index contributed by atoms with van der Waals surface area (Å²) in [7, 11) is 0. The predicted molar refractivity (Wildman–Crippen MR) is 109 cm³/mol. The van der Waals surface area contributed by atoms with E-state index in [2.05, 4.69) is 16.0 Å². The van der Waals surface area contributed by atoms with Gasteiger partial charge in [-0.25, -0.2) is 0 Å². The van der Waals surface area contributed by atoms with Crippen molar-refractivity contribution >= 4 is 24.4 Å². The van der Waals surface area contributed by atoms with Crippen LogP contribution in [0.15, 0.2) is 0 Å². The van der Waals surface area contributed by atoms with E-state index in [1.54, 1.807) is 0 Å². The SMILES string of the molecule is O=CC(CCC(=O)NCCOCCO)NC(=O)CCC(C=O)N[C@H]1CC[C@@H](O)CC1. The van der Waals surface area contributed by atoms with Crippen molar-refractivity contribution < 1.29 is 34.1 Å². The summed E-state index contributed by atoms with van der Waals surface area (Å²) in [5.74, 6) is -0.607. The van der Waals surface area contributed by atoms with Gasteiger partial charge in [-0.3, -0.25) is 9.59 Å². The number of ether oxygens (including phenoxy) is 1. The molecule has 0 heterocycles. The number of nitrogens with one attached hydrogen (secondary N) is 3. The van der Waals surface area contributed by atoms with Gasteiger partial charge in [-0.1, -0.05) is 0 Å². The first kappa shape index (κ1) is 26.2. The molecule has 1 saturated carbocycles. The third-order valence-electron chi connectivity index (χ3n) is 4.99. The fraction of sp³-hybridized carbons (Fsp3) is 0.800. The summed E-state index contributed by atoms with van der Waals surface area (Å²) in [6.45, 7) is 0.715. The molecule has 2 atom stereocenters. The van der Waals surface area contributed by atoms with Crippen molar-refractivity contribution in [1.29, 1.82) is 0 Å². The summed E-state index contributed by atoms with van der Waals surface area (Å²) < 4.78 is 5.02. The second-order valence-corrected chi connectivity index (χ2v) is 7.49. The summed E-state index contributed by atoms with van der Waals surface area (Å²) in [4.78, 5) is 46.3. The molecule has 172 valence electrons. The van der Waals surface area contributed by atoms with Crippen LogP contribution in [-0.4, -0.2) is 85.2 Å². The van der Waals surface area contributed by atoms with Crippen LogP contribution >= 0.6 is 0 Å². The number of hydrogen-bond acceptors (Lipinski definition) is 8. The molecule has 2 unspecified atom stereocenters. The molecule has 2 amide bonds. The summed E-state index contributed by atoms with van der Waals surface area (Å²) in [5.41, 5.74) is 0. The molecule has 0 aromatic carbocycles. The maximum atomic E-state index is 12.1. The average Bonchev–Trinajstić information content (AvgIpc) is 2.75. The Morgan fingerprint density at radius 1 is 0.967 bits per heavy atom. The molecular weight excluding hydrogens is 394 g/mol. The lowest BCUT2D eigenvalue weighted by Gasteiger charge is -2.28. The maximum Gasteiger partial charge on any atom is 0.220 e. The van der Waals surface area contributed by atoms with Crippen LogP contribution in [0.3, 0.4) is 0 Å². The Balaban J connectivity index is 2.22. The van der Waals surface area contributed by atoms with Crippen molar-refractivity contribution in [1.82, 2.24) is 16.0 Å². The number of rotatable bonds is 16. The normalized spacial score (nSPS) is 20.7. The van der Waals surface area contributed by atoms with Gasteiger partial charge in [0.1, 0.15) is 12.6 Å². The standard InChI is InChI=1S/C20H35N3O7/c24-10-12-30-11-9-21-19(28)7-3-17(14-26)23-20(29)8-4-16(13-25)22-15-1-5-18(27)6-2-15/h13-18,22,24,27H,1-12H2,(H,21,28)(H,23,29)/t15-,16?,17?,18+. The summed E-state index contributed by atoms with van der Waals surface area (Å²) in [5, 5.41) is 26.5. The van der Waals surface area contributed by atoms with E-state index in [1.165, 1.54) is 0 Å². The molecule has 0 saturated heterocycles. The molecule has 0 spiro atoms. The second kappa shape index (κ2) is 15.9. The van der Waals surface area contributed by atoms with E-state index in [4.69, 9.17) is 9.84 Å². The van der Waals surface area contributed by atoms with Crippen molar-refractivity contribution in [3.05, 3.63) is 0 Å². The molecule has 0 aromatic rings. The van der Waals surface area contributed by atoms with E-state index in [9.17, 15) is 24.3 Å². The van der Waals surface area contributed by atoms with Gasteiger partial charge in [-0.15, -0.1) is 0 Å². The van der Waals surface area contributed by atoms with E-state index >= 15 is 0 Å². The van der Waals surface area contributed by atoms with Crippen LogP contribution < -0.4 is 16.0 Å². The molecule has 30 heavy (non-hydrogen) atoms. The quantitative estimate of drug-likeness (QED) is 0.152. The molecule has 1 aliphatic carbocycles. The lowest BCUT2D eigenvalue weighted by Crippen LogP contribution is -2.43. The molecule has 0 radical (unpaired) electrons. The number of amides is 2. The van der Waals surface area contributed by atoms with Crippen molar-refractivity contribution in [2.45, 2.75) is 75.6 Å². The third kappa shape index (κ3) is 12.0. The van der Waals surface area contributed by atoms with Gasteiger partial charge in [0.2, 0.25) is 11.8 Å². The minimum absolute atomic E-state index is 0.0791. The minimum Gasteiger partial charge on any atom is -0.394 e. The fourth-order valence-corrected chi connectivity index (χ4v) is 3.28. The number of aldehydes is 2. The van der Waals surface area contributed by atoms with Gasteiger partial charge in [-0.05, 0) is 38.5 Å². The molecule has 10 heteroatoms. The number of hydrogen-bond donors (Lipinski definition) is 5. The van der Waals surface area contributed by atoms with Gasteiger partial charge in [0.15, 0.2) is 0 Å². The van der Waals surface area contributed by atoms with E-state index in [0.29, 0.717) is 32.1 Å². The van der Waals surface area contributed by atoms with Crippen LogP contribution in [0, 0.1) is 0 Å². The highest BCUT2D eigenvalue weighted by molar-refractivity contribution is 5.81. The van der Waals surface area contributed by atoms with Crippen LogP contribution in [-0.2, 0) is 23.9 Å². The van der Waals surface area contributed by atoms with E-state index in [0.717, 1.165) is 19.1 Å². The highest BCUT2D eigenvalue weighted by atomic mass is 16.5. The van der Waals surface area contributed by atoms with Gasteiger partial charge in [0.25, 0.3) is 0 Å². The van der Waals surface area contributed by atoms with Crippen LogP contribution in [0.5, 0.6) is 0 Å². The van der Waals surface area contributed by atoms with Gasteiger partial charge in [0.05, 0.1) is 38.0 Å². The zero-order chi connectivity index (χ0) is 22.2. The number of aliphatic hydroxyl groups is 2. The monoisotopic (exact) mass is 429 g/mol. The maximum absolute atomic E-state index is 12.1. The van der Waals surface area contributed by atoms with E-state index in [-0.39, 0.29) is 63.0 Å². The topological polar surface area (TPSA) is 154 Å². The zero-order valence-electron chi connectivity index (χ0n) is 17.4. The predicted octanol–water partition coefficient (Wildman–Crippen LogP) is -1.18. The molecule has 1 rings (SSSR count). The number of aliphatic hydroxyl groups excluding tert-OH is 2. The van der Waals surface area contributed by atoms with Crippen molar-refractivity contribution in [3.63, 3.8) is 0 Å². The molecule has 1 fully saturated rings. The van der Waals surface area contributed by atoms with Crippen molar-refractivity contribution in [3.8, 4) is 0 Å². The third-order valence-corrected chi connectivity index (χ3v) is 4.99. The first-order chi connectivity index (χ1) is 14.5. The molecular formula is C20H35N3O7. The van der Waals surface area contributed by atoms with Gasteiger partial charge in [0, 0.05) is 25.4 Å². The van der Waals surface area contributed by atoms with Crippen LogP contribution in [0.1, 0.15) is 51.4 Å². The summed E-state index contributed by atoms with van der Waals surface area (Å²) in [6, 6.07) is -1.07. The van der Waals surface area contributed by atoms with Crippen molar-refractivity contribution in [2.24, 2.45) is 0 Å². The molecule has 0 aliphatic heterocycles. The smallest absolute Gasteiger partial charge is 0.220 e. The minimum atomic E-state index is -0.767. The van der Waals surface area contributed by atoms with Crippen LogP contribution in [0.25, 0.3) is 0 Å². The Morgan fingerprint density at radius 2 is 1.60 bits per heavy atom. The Kier molecular flexibility index (Phi) is 13.9. The zero-order valence-corrected chi connectivity index (χ0v) is 17.4. The van der Waals surface area contributed by atoms with Gasteiger partial charge < -0.3 is 40.5 Å². The summed E-state index contributed by atoms with van der Waals surface area (Å²) >= 11 is 0. The molecule has 10 nitrogen and oxygen atoms in total. The Labute approximate surface area is 177 Å². The Hall–Kier alpha value is -1.88. The Morgan fingerprint density at radius 3 is 2.23 bits per heavy atom. The fourth-order valence-electron chi connectivity index (χ4n) is 3.28. The number of carbonyl (C=O) groups excluding carboxylic acids is 4. The van der Waals surface area contributed by atoms with Crippen LogP contribution in [0.2, 0.25) is 0 Å². The molecule has 1 aliphatic rings. The summed E-state index contributed by atoms with van der Waals surface area (Å²) in [6.07, 6.45) is 4.75.